The van der Waals surface area contributed by atoms with Crippen LogP contribution >= 0.6 is 0 Å². The number of rotatable bonds is 7. The van der Waals surface area contributed by atoms with Gasteiger partial charge in [0.05, 0.1) is 6.54 Å². The van der Waals surface area contributed by atoms with E-state index in [1.54, 1.807) is 26.0 Å². The molecule has 160 valence electrons. The van der Waals surface area contributed by atoms with E-state index in [1.165, 1.54) is 0 Å². The molecule has 0 aliphatic carbocycles. The van der Waals surface area contributed by atoms with E-state index in [9.17, 15) is 14.4 Å². The van der Waals surface area contributed by atoms with Crippen molar-refractivity contribution in [3.8, 4) is 5.82 Å². The average molecular weight is 420 g/mol. The largest absolute Gasteiger partial charge is 0.360 e. The minimum absolute atomic E-state index is 0.297. The molecule has 0 radical (unpaired) electrons. The standard InChI is InChI=1S/C23H24N4O4/c1-14-11-18(16(3)27(14)21-12-15(2)31-25-21)20(28)13-26-22(29)19(24-23(26)30)10-9-17-7-5-4-6-8-17/h4-8,11-12,19H,9-10,13H2,1-3H3,(H,24,30)/t19-/m0/s1. The summed E-state index contributed by atoms with van der Waals surface area (Å²) in [5.41, 5.74) is 3.04. The first kappa shape index (κ1) is 20.6. The van der Waals surface area contributed by atoms with Gasteiger partial charge in [0.15, 0.2) is 11.6 Å². The van der Waals surface area contributed by atoms with Crippen LogP contribution in [-0.2, 0) is 11.2 Å². The number of urea groups is 1. The molecule has 0 spiro atoms. The summed E-state index contributed by atoms with van der Waals surface area (Å²) < 4.78 is 6.96. The molecular weight excluding hydrogens is 396 g/mol. The van der Waals surface area contributed by atoms with Gasteiger partial charge in [-0.05, 0) is 45.2 Å². The van der Waals surface area contributed by atoms with Gasteiger partial charge in [0.1, 0.15) is 11.8 Å². The van der Waals surface area contributed by atoms with E-state index in [2.05, 4.69) is 10.5 Å². The topological polar surface area (TPSA) is 97.4 Å². The number of imide groups is 1. The molecule has 1 fully saturated rings. The first-order chi connectivity index (χ1) is 14.8. The van der Waals surface area contributed by atoms with Gasteiger partial charge in [-0.25, -0.2) is 4.79 Å². The Labute approximate surface area is 179 Å². The van der Waals surface area contributed by atoms with Gasteiger partial charge in [-0.15, -0.1) is 0 Å². The van der Waals surface area contributed by atoms with E-state index in [-0.39, 0.29) is 18.2 Å². The van der Waals surface area contributed by atoms with Crippen LogP contribution in [0, 0.1) is 20.8 Å². The third-order valence-corrected chi connectivity index (χ3v) is 5.55. The normalized spacial score (nSPS) is 16.1. The van der Waals surface area contributed by atoms with Crippen LogP contribution in [0.25, 0.3) is 5.82 Å². The number of carbonyl (C=O) groups excluding carboxylic acids is 3. The van der Waals surface area contributed by atoms with Crippen molar-refractivity contribution < 1.29 is 18.9 Å². The van der Waals surface area contributed by atoms with Crippen LogP contribution in [0.3, 0.4) is 0 Å². The Kier molecular flexibility index (Phi) is 5.46. The molecule has 3 heterocycles. The number of nitrogens with zero attached hydrogens (tertiary/aromatic N) is 3. The minimum atomic E-state index is -0.619. The van der Waals surface area contributed by atoms with Gasteiger partial charge in [0.25, 0.3) is 5.91 Å². The Morgan fingerprint density at radius 3 is 2.55 bits per heavy atom. The zero-order valence-corrected chi connectivity index (χ0v) is 17.7. The molecule has 1 saturated heterocycles. The second-order valence-electron chi connectivity index (χ2n) is 7.79. The lowest BCUT2D eigenvalue weighted by Crippen LogP contribution is -2.36. The molecule has 1 aliphatic heterocycles. The molecule has 1 aromatic carbocycles. The number of hydrogen-bond acceptors (Lipinski definition) is 5. The summed E-state index contributed by atoms with van der Waals surface area (Å²) in [6, 6.07) is 12.1. The summed E-state index contributed by atoms with van der Waals surface area (Å²) in [5, 5.41) is 6.71. The number of Topliss-reactive ketones (excluding diaryl/α,β-unsaturated/α-hetero) is 1. The number of aromatic nitrogens is 2. The monoisotopic (exact) mass is 420 g/mol. The summed E-state index contributed by atoms with van der Waals surface area (Å²) >= 11 is 0. The summed E-state index contributed by atoms with van der Waals surface area (Å²) in [5.74, 6) is 0.584. The van der Waals surface area contributed by atoms with Crippen molar-refractivity contribution in [2.24, 2.45) is 0 Å². The van der Waals surface area contributed by atoms with Crippen molar-refractivity contribution in [2.45, 2.75) is 39.7 Å². The summed E-state index contributed by atoms with van der Waals surface area (Å²) in [4.78, 5) is 39.1. The molecule has 3 aromatic rings. The zero-order valence-electron chi connectivity index (χ0n) is 17.7. The van der Waals surface area contributed by atoms with E-state index >= 15 is 0 Å². The molecule has 0 saturated carbocycles. The number of amides is 3. The zero-order chi connectivity index (χ0) is 22.1. The fraction of sp³-hybridized carbons (Fsp3) is 0.304. The lowest BCUT2D eigenvalue weighted by molar-refractivity contribution is -0.127. The molecule has 4 rings (SSSR count). The van der Waals surface area contributed by atoms with Crippen LogP contribution in [0.2, 0.25) is 0 Å². The molecule has 1 atom stereocenters. The first-order valence-corrected chi connectivity index (χ1v) is 10.2. The molecular formula is C23H24N4O4. The van der Waals surface area contributed by atoms with Crippen molar-refractivity contribution in [1.29, 1.82) is 0 Å². The van der Waals surface area contributed by atoms with Gasteiger partial charge in [-0.2, -0.15) is 0 Å². The lowest BCUT2D eigenvalue weighted by Gasteiger charge is -2.12. The van der Waals surface area contributed by atoms with Crippen molar-refractivity contribution in [3.63, 3.8) is 0 Å². The molecule has 1 N–H and O–H groups in total. The van der Waals surface area contributed by atoms with Gasteiger partial charge in [0.2, 0.25) is 0 Å². The van der Waals surface area contributed by atoms with Gasteiger partial charge in [-0.1, -0.05) is 35.5 Å². The highest BCUT2D eigenvalue weighted by atomic mass is 16.5. The van der Waals surface area contributed by atoms with Crippen LogP contribution in [0.15, 0.2) is 47.0 Å². The Morgan fingerprint density at radius 1 is 1.13 bits per heavy atom. The van der Waals surface area contributed by atoms with Crippen molar-refractivity contribution in [3.05, 3.63) is 70.7 Å². The number of aryl methyl sites for hydroxylation is 3. The molecule has 0 bridgehead atoms. The van der Waals surface area contributed by atoms with Crippen LogP contribution in [-0.4, -0.2) is 44.9 Å². The molecule has 8 nitrogen and oxygen atoms in total. The maximum atomic E-state index is 13.0. The highest BCUT2D eigenvalue weighted by molar-refractivity contribution is 6.09. The number of nitrogens with one attached hydrogen (secondary N) is 1. The minimum Gasteiger partial charge on any atom is -0.360 e. The molecule has 3 amide bonds. The number of benzene rings is 1. The molecule has 0 unspecified atom stereocenters. The predicted octanol–water partition coefficient (Wildman–Crippen LogP) is 3.13. The third-order valence-electron chi connectivity index (χ3n) is 5.55. The maximum absolute atomic E-state index is 13.0. The maximum Gasteiger partial charge on any atom is 0.325 e. The van der Waals surface area contributed by atoms with Crippen LogP contribution in [0.5, 0.6) is 0 Å². The van der Waals surface area contributed by atoms with Gasteiger partial charge in [0, 0.05) is 23.0 Å². The van der Waals surface area contributed by atoms with Crippen LogP contribution in [0.1, 0.15) is 39.5 Å². The van der Waals surface area contributed by atoms with E-state index in [1.807, 2.05) is 41.8 Å². The van der Waals surface area contributed by atoms with Crippen LogP contribution in [0.4, 0.5) is 4.79 Å². The Hall–Kier alpha value is -3.68. The van der Waals surface area contributed by atoms with Crippen molar-refractivity contribution in [2.75, 3.05) is 6.54 Å². The molecule has 1 aliphatic rings. The molecule has 31 heavy (non-hydrogen) atoms. The Morgan fingerprint density at radius 2 is 1.87 bits per heavy atom. The summed E-state index contributed by atoms with van der Waals surface area (Å²) in [6.07, 6.45) is 1.15. The molecule has 2 aromatic heterocycles. The summed E-state index contributed by atoms with van der Waals surface area (Å²) in [7, 11) is 0. The highest BCUT2D eigenvalue weighted by Crippen LogP contribution is 2.22. The van der Waals surface area contributed by atoms with Crippen molar-refractivity contribution >= 4 is 17.7 Å². The Balaban J connectivity index is 1.46. The fourth-order valence-corrected chi connectivity index (χ4v) is 3.96. The number of ketones is 1. The first-order valence-electron chi connectivity index (χ1n) is 10.2. The lowest BCUT2D eigenvalue weighted by atomic mass is 10.1. The van der Waals surface area contributed by atoms with E-state index in [4.69, 9.17) is 4.52 Å². The second kappa shape index (κ2) is 8.22. The second-order valence-corrected chi connectivity index (χ2v) is 7.79. The predicted molar refractivity (Wildman–Crippen MR) is 113 cm³/mol. The van der Waals surface area contributed by atoms with E-state index < -0.39 is 12.1 Å². The average Bonchev–Trinajstić information content (AvgIpc) is 3.38. The number of hydrogen-bond donors (Lipinski definition) is 1. The third kappa shape index (κ3) is 4.01. The van der Waals surface area contributed by atoms with Crippen LogP contribution < -0.4 is 5.32 Å². The van der Waals surface area contributed by atoms with E-state index in [0.29, 0.717) is 35.7 Å². The van der Waals surface area contributed by atoms with Gasteiger partial charge in [-0.3, -0.25) is 19.1 Å². The van der Waals surface area contributed by atoms with Gasteiger partial charge < -0.3 is 9.84 Å². The summed E-state index contributed by atoms with van der Waals surface area (Å²) in [6.45, 7) is 5.16. The quantitative estimate of drug-likeness (QED) is 0.468. The smallest absolute Gasteiger partial charge is 0.325 e. The van der Waals surface area contributed by atoms with Gasteiger partial charge >= 0.3 is 6.03 Å². The Bertz CT molecular complexity index is 1150. The van der Waals surface area contributed by atoms with E-state index in [0.717, 1.165) is 16.2 Å². The fourth-order valence-electron chi connectivity index (χ4n) is 3.96. The highest BCUT2D eigenvalue weighted by Gasteiger charge is 2.39. The van der Waals surface area contributed by atoms with Crippen molar-refractivity contribution in [1.82, 2.24) is 19.9 Å². The SMILES string of the molecule is Cc1cc(-n2c(C)cc(C(=O)CN3C(=O)N[C@@H](CCc4ccccc4)C3=O)c2C)no1. The molecule has 8 heteroatoms. The number of carbonyl (C=O) groups is 3.